The van der Waals surface area contributed by atoms with E-state index >= 15 is 0 Å². The van der Waals surface area contributed by atoms with Crippen molar-refractivity contribution in [3.63, 3.8) is 0 Å². The molecule has 0 saturated heterocycles. The number of rotatable bonds is 7. The Labute approximate surface area is 330 Å². The van der Waals surface area contributed by atoms with Gasteiger partial charge in [0.15, 0.2) is 0 Å². The first kappa shape index (κ1) is 36.0. The van der Waals surface area contributed by atoms with Gasteiger partial charge < -0.3 is 0 Å². The molecule has 10 nitrogen and oxygen atoms in total. The summed E-state index contributed by atoms with van der Waals surface area (Å²) in [5, 5.41) is 2.94. The van der Waals surface area contributed by atoms with Crippen molar-refractivity contribution in [1.29, 1.82) is 0 Å². The first-order valence-electron chi connectivity index (χ1n) is 15.1. The summed E-state index contributed by atoms with van der Waals surface area (Å²) in [7, 11) is -9.73. The van der Waals surface area contributed by atoms with Gasteiger partial charge in [0.1, 0.15) is 0 Å². The fourth-order valence-corrected chi connectivity index (χ4v) is 12.5. The van der Waals surface area contributed by atoms with Gasteiger partial charge in [-0.2, -0.15) is 0 Å². The molecule has 7 aromatic rings. The largest absolute Gasteiger partial charge is 1.00 e. The molecular formula is C36H29N2NaO8S2Se2. The van der Waals surface area contributed by atoms with Crippen LogP contribution in [0.3, 0.4) is 0 Å². The van der Waals surface area contributed by atoms with E-state index in [1.165, 1.54) is 9.47 Å². The molecule has 1 aliphatic rings. The van der Waals surface area contributed by atoms with Crippen molar-refractivity contribution in [2.24, 2.45) is 0 Å². The Kier molecular flexibility index (Phi) is 9.54. The molecule has 0 amide bonds. The van der Waals surface area contributed by atoms with E-state index in [1.54, 1.807) is 12.1 Å². The number of nitrogens with zero attached hydrogens (tertiary/aromatic N) is 2. The van der Waals surface area contributed by atoms with Crippen LogP contribution in [-0.2, 0) is 26.1 Å². The molecule has 4 heterocycles. The average Bonchev–Trinajstić information content (AvgIpc) is 3.80. The smallest absolute Gasteiger partial charge is 0 e. The predicted molar refractivity (Wildman–Crippen MR) is 198 cm³/mol. The average molecular weight is 863 g/mol. The van der Waals surface area contributed by atoms with Gasteiger partial charge in [-0.15, -0.1) is 0 Å². The van der Waals surface area contributed by atoms with E-state index in [1.807, 2.05) is 79.7 Å². The Morgan fingerprint density at radius 3 is 2.16 bits per heavy atom. The standard InChI is InChI=1S/C36H24N2O8S2Se2.Na.3H2/c1-3-9-34(48(42,43)44)38-27-19-31-25(23-11-6-8-13-29(23)46-31)17-33(27)50-36(38)15-21(4-2)14-35-37(20-47(39,40)41)26-18-30-24(16-32(26)49-35)22-10-5-7-12-28(22)45-30;;;;/h5-8,10-19H,1,4,20H2,2H3,(H-,39,40,41,42,43,44);;3*1H/q;+1;;;/p-1. The van der Waals surface area contributed by atoms with Crippen molar-refractivity contribution in [2.75, 3.05) is 4.90 Å². The molecule has 0 unspecified atom stereocenters. The molecule has 15 heteroatoms. The van der Waals surface area contributed by atoms with E-state index in [9.17, 15) is 25.9 Å². The minimum Gasteiger partial charge on any atom is 0 e. The van der Waals surface area contributed by atoms with Gasteiger partial charge in [-0.3, -0.25) is 0 Å². The number of para-hydroxylation sites is 2. The third-order valence-electron chi connectivity index (χ3n) is 8.31. The molecule has 0 spiro atoms. The molecule has 8 rings (SSSR count). The Morgan fingerprint density at radius 1 is 0.922 bits per heavy atom. The van der Waals surface area contributed by atoms with Gasteiger partial charge in [0, 0.05) is 4.28 Å². The summed E-state index contributed by atoms with van der Waals surface area (Å²) in [6.45, 7) is 5.37. The van der Waals surface area contributed by atoms with E-state index < -0.39 is 60.6 Å². The van der Waals surface area contributed by atoms with Crippen LogP contribution in [0.5, 0.6) is 0 Å². The van der Waals surface area contributed by atoms with Crippen LogP contribution < -0.4 is 43.5 Å². The molecular weight excluding hydrogens is 833 g/mol. The summed E-state index contributed by atoms with van der Waals surface area (Å²) >= 11 is -0.873. The number of hydrogen-bond acceptors (Lipinski definition) is 9. The first-order valence-corrected chi connectivity index (χ1v) is 21.5. The summed E-state index contributed by atoms with van der Waals surface area (Å²) < 4.78 is 90.9. The van der Waals surface area contributed by atoms with Gasteiger partial charge in [-0.25, -0.2) is 0 Å². The molecule has 256 valence electrons. The second-order valence-corrected chi connectivity index (χ2v) is 18.6. The van der Waals surface area contributed by atoms with Crippen LogP contribution >= 0.6 is 0 Å². The zero-order chi connectivity index (χ0) is 34.9. The van der Waals surface area contributed by atoms with Crippen molar-refractivity contribution >= 4 is 120 Å². The number of aromatic nitrogens is 1. The quantitative estimate of drug-likeness (QED) is 0.102. The number of hydrogen-bond donors (Lipinski definition) is 0. The van der Waals surface area contributed by atoms with Crippen LogP contribution in [0.2, 0.25) is 0 Å². The number of furan rings is 2. The van der Waals surface area contributed by atoms with Crippen LogP contribution in [0.4, 0.5) is 5.69 Å². The van der Waals surface area contributed by atoms with Gasteiger partial charge in [-0.05, 0) is 0 Å². The Bertz CT molecular complexity index is 3000. The van der Waals surface area contributed by atoms with Crippen molar-refractivity contribution < 1.29 is 73.2 Å². The normalized spacial score (nSPS) is 14.5. The maximum atomic E-state index is 12.6. The second kappa shape index (κ2) is 13.5. The van der Waals surface area contributed by atoms with E-state index in [0.717, 1.165) is 35.8 Å². The van der Waals surface area contributed by atoms with Gasteiger partial charge >= 0.3 is 329 Å². The summed E-state index contributed by atoms with van der Waals surface area (Å²) in [6, 6.07) is 22.6. The molecule has 0 saturated carbocycles. The van der Waals surface area contributed by atoms with Crippen LogP contribution in [-0.4, -0.2) is 55.4 Å². The summed E-state index contributed by atoms with van der Waals surface area (Å²) in [5.74, 6) is -0.771. The third kappa shape index (κ3) is 6.59. The van der Waals surface area contributed by atoms with Gasteiger partial charge in [0.05, 0.1) is 0 Å². The first-order chi connectivity index (χ1) is 23.9. The van der Waals surface area contributed by atoms with Crippen molar-refractivity contribution in [3.8, 4) is 0 Å². The zero-order valence-electron chi connectivity index (χ0n) is 27.0. The van der Waals surface area contributed by atoms with Crippen molar-refractivity contribution in [1.82, 2.24) is 0 Å². The van der Waals surface area contributed by atoms with Crippen LogP contribution in [0.1, 0.15) is 22.2 Å². The Morgan fingerprint density at radius 2 is 1.55 bits per heavy atom. The molecule has 1 aliphatic heterocycles. The minimum absolute atomic E-state index is 0. The van der Waals surface area contributed by atoms with E-state index in [4.69, 9.17) is 8.83 Å². The van der Waals surface area contributed by atoms with E-state index in [0.29, 0.717) is 49.1 Å². The predicted octanol–water partition coefficient (Wildman–Crippen LogP) is 3.04. The van der Waals surface area contributed by atoms with E-state index in [-0.39, 0.29) is 33.8 Å². The fraction of sp³-hybridized carbons (Fsp3) is 0.0833. The van der Waals surface area contributed by atoms with Crippen LogP contribution in [0.25, 0.3) is 59.7 Å². The summed E-state index contributed by atoms with van der Waals surface area (Å²) in [6.07, 6.45) is 4.12. The molecule has 51 heavy (non-hydrogen) atoms. The van der Waals surface area contributed by atoms with Crippen LogP contribution in [0, 0.1) is 0 Å². The van der Waals surface area contributed by atoms with Gasteiger partial charge in [0.25, 0.3) is 0 Å². The number of fused-ring (bicyclic) bond motifs is 8. The Hall–Kier alpha value is -3.41. The molecule has 0 atom stereocenters. The summed E-state index contributed by atoms with van der Waals surface area (Å²) in [4.78, 5) is 1.37. The number of allylic oxidation sites excluding steroid dienone is 2. The molecule has 0 aliphatic carbocycles. The van der Waals surface area contributed by atoms with Crippen LogP contribution in [0.15, 0.2) is 121 Å². The molecule has 0 fully saturated rings. The third-order valence-corrected chi connectivity index (χ3v) is 14.2. The van der Waals surface area contributed by atoms with Crippen molar-refractivity contribution in [2.45, 2.75) is 19.2 Å². The van der Waals surface area contributed by atoms with E-state index in [2.05, 4.69) is 18.0 Å². The molecule has 0 radical (unpaired) electrons. The summed E-state index contributed by atoms with van der Waals surface area (Å²) in [5.41, 5.74) is 9.01. The molecule has 3 aromatic heterocycles. The maximum absolute atomic E-state index is 12.6. The van der Waals surface area contributed by atoms with Gasteiger partial charge in [-0.1, -0.05) is 0 Å². The fourth-order valence-electron chi connectivity index (χ4n) is 6.17. The molecule has 0 N–H and O–H groups in total. The number of benzene rings is 4. The SMILES string of the molecule is C=C=C=C(N1C(=CC(=Cc2[se]c3cc4c(cc3[n+]2CS(=O)(=O)[O-])oc2ccccc24)CC)[Se]c2cc3c(cc21)oc1ccccc13)S(=O)(=O)[O-].[HH].[HH].[HH].[Na+]. The molecule has 0 bridgehead atoms. The van der Waals surface area contributed by atoms with Crippen molar-refractivity contribution in [3.05, 3.63) is 117 Å². The second-order valence-electron chi connectivity index (χ2n) is 11.4. The zero-order valence-corrected chi connectivity index (χ0v) is 34.1. The molecule has 4 aromatic carbocycles. The topological polar surface area (TPSA) is 148 Å². The number of anilines is 1. The van der Waals surface area contributed by atoms with Gasteiger partial charge in [0.2, 0.25) is 0 Å². The maximum Gasteiger partial charge on any atom is 1.00 e. The minimum atomic E-state index is -5.05. The monoisotopic (exact) mass is 864 g/mol. The Balaban J connectivity index is 0.00000162.